The number of hydrogen-bond acceptors (Lipinski definition) is 4. The van der Waals surface area contributed by atoms with Gasteiger partial charge in [-0.1, -0.05) is 19.4 Å². The first kappa shape index (κ1) is 13.3. The van der Waals surface area contributed by atoms with Crippen molar-refractivity contribution in [2.45, 2.75) is 32.2 Å². The maximum absolute atomic E-state index is 12.2. The highest BCUT2D eigenvalue weighted by atomic mass is 16.6. The first-order valence-electron chi connectivity index (χ1n) is 6.34. The molecule has 19 heavy (non-hydrogen) atoms. The van der Waals surface area contributed by atoms with E-state index < -0.39 is 10.8 Å². The Morgan fingerprint density at radius 3 is 2.79 bits per heavy atom. The number of carbonyl (C=O) groups is 1. The zero-order chi connectivity index (χ0) is 14.0. The first-order chi connectivity index (χ1) is 9.00. The maximum Gasteiger partial charge on any atom is 0.304 e. The molecule has 0 heterocycles. The molecule has 1 fully saturated rings. The fourth-order valence-corrected chi connectivity index (χ4v) is 2.55. The quantitative estimate of drug-likeness (QED) is 0.495. The lowest BCUT2D eigenvalue weighted by atomic mass is 10.1. The van der Waals surface area contributed by atoms with Gasteiger partial charge in [0.1, 0.15) is 11.3 Å². The highest BCUT2D eigenvalue weighted by Gasteiger charge is 2.28. The van der Waals surface area contributed by atoms with Crippen LogP contribution in [0.25, 0.3) is 0 Å². The molecule has 1 aliphatic carbocycles. The van der Waals surface area contributed by atoms with Gasteiger partial charge in [-0.15, -0.1) is 0 Å². The maximum atomic E-state index is 12.2. The van der Waals surface area contributed by atoms with Crippen LogP contribution in [-0.4, -0.2) is 16.9 Å². The van der Waals surface area contributed by atoms with Gasteiger partial charge >= 0.3 is 5.69 Å². The topological polar surface area (TPSA) is 98.3 Å². The number of benzene rings is 1. The lowest BCUT2D eigenvalue weighted by molar-refractivity contribution is -0.384. The molecule has 6 nitrogen and oxygen atoms in total. The van der Waals surface area contributed by atoms with Crippen LogP contribution in [0.4, 0.5) is 11.4 Å². The summed E-state index contributed by atoms with van der Waals surface area (Å²) >= 11 is 0. The van der Waals surface area contributed by atoms with E-state index >= 15 is 0 Å². The summed E-state index contributed by atoms with van der Waals surface area (Å²) in [6.45, 7) is 2.08. The predicted molar refractivity (Wildman–Crippen MR) is 71.8 cm³/mol. The molecule has 6 heteroatoms. The summed E-state index contributed by atoms with van der Waals surface area (Å²) in [5.74, 6) is -0.0122. The number of nitrogens with one attached hydrogen (secondary N) is 1. The summed E-state index contributed by atoms with van der Waals surface area (Å²) in [5.41, 5.74) is 5.30. The van der Waals surface area contributed by atoms with Gasteiger partial charge in [0.2, 0.25) is 0 Å². The molecule has 102 valence electrons. The Bertz CT molecular complexity index is 516. The van der Waals surface area contributed by atoms with Crippen LogP contribution < -0.4 is 11.1 Å². The van der Waals surface area contributed by atoms with Crippen molar-refractivity contribution in [2.75, 3.05) is 5.73 Å². The molecule has 0 aromatic heterocycles. The number of nitrogen functional groups attached to an aromatic ring is 1. The number of nitrogens with zero attached hydrogens (tertiary/aromatic N) is 1. The van der Waals surface area contributed by atoms with E-state index in [1.54, 1.807) is 6.07 Å². The van der Waals surface area contributed by atoms with E-state index in [-0.39, 0.29) is 23.0 Å². The number of nitrogens with two attached hydrogens (primary N) is 1. The molecule has 2 rings (SSSR count). The van der Waals surface area contributed by atoms with Crippen molar-refractivity contribution >= 4 is 17.3 Å². The standard InChI is InChI=1S/C13H17N3O3/c1-8-4-2-7-11(8)15-13(17)9-5-3-6-10(14)12(9)16(18)19/h3,5-6,8,11H,2,4,7,14H2,1H3,(H,15,17). The van der Waals surface area contributed by atoms with E-state index in [1.807, 2.05) is 0 Å². The van der Waals surface area contributed by atoms with Gasteiger partial charge in [0.25, 0.3) is 5.91 Å². The van der Waals surface area contributed by atoms with Gasteiger partial charge in [-0.2, -0.15) is 0 Å². The van der Waals surface area contributed by atoms with Crippen molar-refractivity contribution in [1.29, 1.82) is 0 Å². The second kappa shape index (κ2) is 5.26. The van der Waals surface area contributed by atoms with Crippen molar-refractivity contribution in [3.05, 3.63) is 33.9 Å². The number of amides is 1. The second-order valence-electron chi connectivity index (χ2n) is 4.99. The molecule has 0 spiro atoms. The summed E-state index contributed by atoms with van der Waals surface area (Å²) in [4.78, 5) is 22.5. The normalized spacial score (nSPS) is 22.2. The molecule has 2 unspecified atom stereocenters. The molecule has 1 saturated carbocycles. The number of rotatable bonds is 3. The van der Waals surface area contributed by atoms with Gasteiger partial charge in [0.05, 0.1) is 4.92 Å². The van der Waals surface area contributed by atoms with Crippen LogP contribution in [0.1, 0.15) is 36.5 Å². The largest absolute Gasteiger partial charge is 0.393 e. The Labute approximate surface area is 111 Å². The first-order valence-corrected chi connectivity index (χ1v) is 6.34. The SMILES string of the molecule is CC1CCCC1NC(=O)c1cccc(N)c1[N+](=O)[O-]. The van der Waals surface area contributed by atoms with E-state index in [9.17, 15) is 14.9 Å². The van der Waals surface area contributed by atoms with Gasteiger partial charge in [-0.05, 0) is 30.9 Å². The van der Waals surface area contributed by atoms with Crippen LogP contribution >= 0.6 is 0 Å². The highest BCUT2D eigenvalue weighted by Crippen LogP contribution is 2.28. The zero-order valence-corrected chi connectivity index (χ0v) is 10.8. The molecule has 0 aliphatic heterocycles. The van der Waals surface area contributed by atoms with E-state index in [0.717, 1.165) is 19.3 Å². The molecular weight excluding hydrogens is 246 g/mol. The number of para-hydroxylation sites is 1. The van der Waals surface area contributed by atoms with Gasteiger partial charge < -0.3 is 11.1 Å². The molecule has 1 aromatic rings. The van der Waals surface area contributed by atoms with Crippen LogP contribution in [0, 0.1) is 16.0 Å². The van der Waals surface area contributed by atoms with Crippen LogP contribution in [0.5, 0.6) is 0 Å². The zero-order valence-electron chi connectivity index (χ0n) is 10.8. The highest BCUT2D eigenvalue weighted by molar-refractivity contribution is 6.00. The Kier molecular flexibility index (Phi) is 3.69. The third-order valence-corrected chi connectivity index (χ3v) is 3.67. The lowest BCUT2D eigenvalue weighted by Crippen LogP contribution is -2.36. The summed E-state index contributed by atoms with van der Waals surface area (Å²) in [6, 6.07) is 4.50. The van der Waals surface area contributed by atoms with Crippen molar-refractivity contribution < 1.29 is 9.72 Å². The van der Waals surface area contributed by atoms with Gasteiger partial charge in [-0.3, -0.25) is 14.9 Å². The fraction of sp³-hybridized carbons (Fsp3) is 0.462. The van der Waals surface area contributed by atoms with Gasteiger partial charge in [0, 0.05) is 6.04 Å². The van der Waals surface area contributed by atoms with Crippen LogP contribution in [0.2, 0.25) is 0 Å². The summed E-state index contributed by atoms with van der Waals surface area (Å²) < 4.78 is 0. The van der Waals surface area contributed by atoms with E-state index in [1.165, 1.54) is 12.1 Å². The lowest BCUT2D eigenvalue weighted by Gasteiger charge is -2.17. The Hall–Kier alpha value is -2.11. The van der Waals surface area contributed by atoms with Gasteiger partial charge in [0.15, 0.2) is 0 Å². The Balaban J connectivity index is 2.24. The van der Waals surface area contributed by atoms with Crippen LogP contribution in [0.3, 0.4) is 0 Å². The molecule has 2 atom stereocenters. The average Bonchev–Trinajstić information content (AvgIpc) is 2.74. The molecule has 0 bridgehead atoms. The minimum Gasteiger partial charge on any atom is -0.393 e. The Morgan fingerprint density at radius 1 is 1.47 bits per heavy atom. The minimum absolute atomic E-state index is 0.0112. The summed E-state index contributed by atoms with van der Waals surface area (Å²) in [6.07, 6.45) is 3.07. The summed E-state index contributed by atoms with van der Waals surface area (Å²) in [5, 5.41) is 13.9. The van der Waals surface area contributed by atoms with E-state index in [0.29, 0.717) is 5.92 Å². The average molecular weight is 263 g/mol. The molecule has 3 N–H and O–H groups in total. The predicted octanol–water partition coefficient (Wildman–Crippen LogP) is 2.10. The third kappa shape index (κ3) is 2.67. The van der Waals surface area contributed by atoms with E-state index in [2.05, 4.69) is 12.2 Å². The van der Waals surface area contributed by atoms with Crippen LogP contribution in [-0.2, 0) is 0 Å². The third-order valence-electron chi connectivity index (χ3n) is 3.67. The number of anilines is 1. The smallest absolute Gasteiger partial charge is 0.304 e. The Morgan fingerprint density at radius 2 is 2.21 bits per heavy atom. The van der Waals surface area contributed by atoms with Crippen molar-refractivity contribution in [3.63, 3.8) is 0 Å². The molecule has 0 saturated heterocycles. The number of nitro groups is 1. The monoisotopic (exact) mass is 263 g/mol. The van der Waals surface area contributed by atoms with Crippen LogP contribution in [0.15, 0.2) is 18.2 Å². The molecule has 1 aromatic carbocycles. The van der Waals surface area contributed by atoms with Crippen molar-refractivity contribution in [3.8, 4) is 0 Å². The van der Waals surface area contributed by atoms with E-state index in [4.69, 9.17) is 5.73 Å². The van der Waals surface area contributed by atoms with Gasteiger partial charge in [-0.25, -0.2) is 0 Å². The van der Waals surface area contributed by atoms with Crippen molar-refractivity contribution in [2.24, 2.45) is 5.92 Å². The molecular formula is C13H17N3O3. The molecule has 0 radical (unpaired) electrons. The number of carbonyl (C=O) groups excluding carboxylic acids is 1. The minimum atomic E-state index is -0.609. The number of hydrogen-bond donors (Lipinski definition) is 2. The summed E-state index contributed by atoms with van der Waals surface area (Å²) in [7, 11) is 0. The van der Waals surface area contributed by atoms with Crippen molar-refractivity contribution in [1.82, 2.24) is 5.32 Å². The molecule has 1 aliphatic rings. The number of nitro benzene ring substituents is 1. The molecule has 1 amide bonds. The fourth-order valence-electron chi connectivity index (χ4n) is 2.55. The second-order valence-corrected chi connectivity index (χ2v) is 4.99.